The molecule has 0 saturated heterocycles. The molecule has 7 heteroatoms. The minimum Gasteiger partial charge on any atom is -0.368 e. The number of fused-ring (bicyclic) bond motifs is 2. The fourth-order valence-corrected chi connectivity index (χ4v) is 2.60. The number of hydrogen-bond acceptors (Lipinski definition) is 6. The van der Waals surface area contributed by atoms with Crippen LogP contribution in [0.3, 0.4) is 0 Å². The number of pyridine rings is 1. The second-order valence-electron chi connectivity index (χ2n) is 5.44. The molecule has 0 saturated carbocycles. The summed E-state index contributed by atoms with van der Waals surface area (Å²) in [6.07, 6.45) is 4.31. The van der Waals surface area contributed by atoms with E-state index >= 15 is 0 Å². The first-order valence-electron chi connectivity index (χ1n) is 7.90. The van der Waals surface area contributed by atoms with E-state index < -0.39 is 0 Å². The lowest BCUT2D eigenvalue weighted by Crippen LogP contribution is -2.02. The molecule has 3 heterocycles. The third-order valence-electron chi connectivity index (χ3n) is 3.74. The maximum absolute atomic E-state index is 4.49. The van der Waals surface area contributed by atoms with Gasteiger partial charge < -0.3 is 15.6 Å². The summed E-state index contributed by atoms with van der Waals surface area (Å²) in [6, 6.07) is 10.1. The Labute approximate surface area is 138 Å². The number of nitrogens with zero attached hydrogens (tertiary/aromatic N) is 4. The van der Waals surface area contributed by atoms with Gasteiger partial charge in [0, 0.05) is 18.1 Å². The van der Waals surface area contributed by atoms with Crippen molar-refractivity contribution in [2.75, 3.05) is 17.2 Å². The van der Waals surface area contributed by atoms with Crippen molar-refractivity contribution in [1.29, 1.82) is 0 Å². The first-order valence-corrected chi connectivity index (χ1v) is 7.90. The third kappa shape index (κ3) is 2.60. The van der Waals surface area contributed by atoms with E-state index in [9.17, 15) is 0 Å². The van der Waals surface area contributed by atoms with Crippen molar-refractivity contribution in [2.45, 2.75) is 13.3 Å². The molecule has 7 nitrogen and oxygen atoms in total. The summed E-state index contributed by atoms with van der Waals surface area (Å²) in [6.45, 7) is 2.95. The van der Waals surface area contributed by atoms with Crippen LogP contribution >= 0.6 is 0 Å². The minimum atomic E-state index is 0.592. The summed E-state index contributed by atoms with van der Waals surface area (Å²) >= 11 is 0. The van der Waals surface area contributed by atoms with E-state index in [1.54, 1.807) is 6.20 Å². The highest BCUT2D eigenvalue weighted by atomic mass is 15.2. The van der Waals surface area contributed by atoms with Crippen LogP contribution in [-0.2, 0) is 0 Å². The third-order valence-corrected chi connectivity index (χ3v) is 3.74. The minimum absolute atomic E-state index is 0.592. The average molecular weight is 319 g/mol. The van der Waals surface area contributed by atoms with Gasteiger partial charge in [-0.15, -0.1) is 0 Å². The molecule has 24 heavy (non-hydrogen) atoms. The summed E-state index contributed by atoms with van der Waals surface area (Å²) in [5.41, 5.74) is 1.40. The van der Waals surface area contributed by atoms with Gasteiger partial charge in [0.1, 0.15) is 17.7 Å². The first-order chi connectivity index (χ1) is 11.8. The summed E-state index contributed by atoms with van der Waals surface area (Å²) in [5.74, 6) is 2.10. The van der Waals surface area contributed by atoms with E-state index in [0.717, 1.165) is 40.9 Å². The Morgan fingerprint density at radius 2 is 1.96 bits per heavy atom. The summed E-state index contributed by atoms with van der Waals surface area (Å²) in [7, 11) is 0. The molecule has 1 aromatic carbocycles. The zero-order valence-corrected chi connectivity index (χ0v) is 13.2. The van der Waals surface area contributed by atoms with Crippen LogP contribution in [0.25, 0.3) is 21.9 Å². The largest absolute Gasteiger partial charge is 0.368 e. The molecule has 3 N–H and O–H groups in total. The van der Waals surface area contributed by atoms with E-state index in [-0.39, 0.29) is 0 Å². The average Bonchev–Trinajstić information content (AvgIpc) is 3.03. The standard InChI is InChI=1S/C17H17N7/c1-2-8-18-15-13-16(21-10-20-15)24-17(22-13)23-14-12-6-4-3-5-11(12)7-9-19-14/h3-7,9-10H,2,8H2,1H3,(H3,18,19,20,21,22,23,24). The van der Waals surface area contributed by atoms with E-state index in [4.69, 9.17) is 0 Å². The fourth-order valence-electron chi connectivity index (χ4n) is 2.60. The fraction of sp³-hybridized carbons (Fsp3) is 0.176. The molecule has 3 aromatic heterocycles. The number of aromatic nitrogens is 5. The Morgan fingerprint density at radius 3 is 2.88 bits per heavy atom. The van der Waals surface area contributed by atoms with Gasteiger partial charge in [-0.1, -0.05) is 31.2 Å². The molecule has 0 aliphatic heterocycles. The van der Waals surface area contributed by atoms with Gasteiger partial charge in [-0.3, -0.25) is 0 Å². The number of H-pyrrole nitrogens is 1. The zero-order valence-electron chi connectivity index (χ0n) is 13.2. The molecule has 0 bridgehead atoms. The Balaban J connectivity index is 1.72. The van der Waals surface area contributed by atoms with Gasteiger partial charge in [-0.2, -0.15) is 4.98 Å². The summed E-state index contributed by atoms with van der Waals surface area (Å²) in [5, 5.41) is 8.68. The topological polar surface area (TPSA) is 91.4 Å². The maximum atomic E-state index is 4.49. The van der Waals surface area contributed by atoms with Crippen molar-refractivity contribution in [1.82, 2.24) is 24.9 Å². The lowest BCUT2D eigenvalue weighted by Gasteiger charge is -2.05. The molecule has 0 unspecified atom stereocenters. The number of anilines is 3. The van der Waals surface area contributed by atoms with Crippen LogP contribution in [0.4, 0.5) is 17.6 Å². The Morgan fingerprint density at radius 1 is 1.04 bits per heavy atom. The molecule has 0 atom stereocenters. The van der Waals surface area contributed by atoms with Gasteiger partial charge in [0.15, 0.2) is 11.5 Å². The lowest BCUT2D eigenvalue weighted by atomic mass is 10.1. The molecule has 0 spiro atoms. The van der Waals surface area contributed by atoms with Crippen LogP contribution in [0.15, 0.2) is 42.9 Å². The molecule has 0 aliphatic carbocycles. The number of aromatic amines is 1. The number of imidazole rings is 1. The number of nitrogens with one attached hydrogen (secondary N) is 3. The summed E-state index contributed by atoms with van der Waals surface area (Å²) in [4.78, 5) is 20.6. The van der Waals surface area contributed by atoms with Crippen molar-refractivity contribution in [3.05, 3.63) is 42.9 Å². The van der Waals surface area contributed by atoms with Gasteiger partial charge in [0.25, 0.3) is 0 Å². The number of benzene rings is 1. The quantitative estimate of drug-likeness (QED) is 0.522. The van der Waals surface area contributed by atoms with Gasteiger partial charge >= 0.3 is 0 Å². The second kappa shape index (κ2) is 6.11. The highest BCUT2D eigenvalue weighted by molar-refractivity contribution is 5.93. The van der Waals surface area contributed by atoms with Gasteiger partial charge in [0.05, 0.1) is 0 Å². The Bertz CT molecular complexity index is 987. The van der Waals surface area contributed by atoms with Crippen LogP contribution in [0, 0.1) is 0 Å². The zero-order chi connectivity index (χ0) is 16.4. The molecular weight excluding hydrogens is 302 g/mol. The van der Waals surface area contributed by atoms with Crippen molar-refractivity contribution in [2.24, 2.45) is 0 Å². The molecule has 0 amide bonds. The monoisotopic (exact) mass is 319 g/mol. The van der Waals surface area contributed by atoms with Gasteiger partial charge in [-0.25, -0.2) is 15.0 Å². The smallest absolute Gasteiger partial charge is 0.208 e. The molecule has 4 rings (SSSR count). The molecule has 4 aromatic rings. The van der Waals surface area contributed by atoms with Crippen LogP contribution < -0.4 is 10.6 Å². The molecule has 0 fully saturated rings. The molecule has 120 valence electrons. The second-order valence-corrected chi connectivity index (χ2v) is 5.44. The van der Waals surface area contributed by atoms with E-state index in [2.05, 4.69) is 48.5 Å². The van der Waals surface area contributed by atoms with Crippen molar-refractivity contribution in [3.63, 3.8) is 0 Å². The summed E-state index contributed by atoms with van der Waals surface area (Å²) < 4.78 is 0. The van der Waals surface area contributed by atoms with Crippen LogP contribution in [0.1, 0.15) is 13.3 Å². The van der Waals surface area contributed by atoms with Crippen molar-refractivity contribution >= 4 is 39.5 Å². The van der Waals surface area contributed by atoms with Crippen molar-refractivity contribution < 1.29 is 0 Å². The highest BCUT2D eigenvalue weighted by Gasteiger charge is 2.10. The first kappa shape index (κ1) is 14.4. The lowest BCUT2D eigenvalue weighted by molar-refractivity contribution is 0.968. The van der Waals surface area contributed by atoms with Crippen LogP contribution in [0.5, 0.6) is 0 Å². The van der Waals surface area contributed by atoms with Crippen LogP contribution in [-0.4, -0.2) is 31.5 Å². The predicted molar refractivity (Wildman–Crippen MR) is 95.5 cm³/mol. The van der Waals surface area contributed by atoms with E-state index in [0.29, 0.717) is 11.6 Å². The molecule has 0 aliphatic rings. The van der Waals surface area contributed by atoms with Gasteiger partial charge in [0.2, 0.25) is 5.95 Å². The van der Waals surface area contributed by atoms with Crippen molar-refractivity contribution in [3.8, 4) is 0 Å². The molecular formula is C17H17N7. The number of hydrogen-bond donors (Lipinski definition) is 3. The Hall–Kier alpha value is -3.22. The maximum Gasteiger partial charge on any atom is 0.208 e. The SMILES string of the molecule is CCCNc1ncnc2nc(Nc3nccc4ccccc34)[nH]c12. The van der Waals surface area contributed by atoms with E-state index in [1.165, 1.54) is 6.33 Å². The molecule has 0 radical (unpaired) electrons. The van der Waals surface area contributed by atoms with Crippen LogP contribution in [0.2, 0.25) is 0 Å². The normalized spacial score (nSPS) is 11.0. The number of rotatable bonds is 5. The van der Waals surface area contributed by atoms with Gasteiger partial charge in [-0.05, 0) is 17.9 Å². The van der Waals surface area contributed by atoms with E-state index in [1.807, 2.05) is 24.3 Å². The highest BCUT2D eigenvalue weighted by Crippen LogP contribution is 2.25. The Kier molecular flexibility index (Phi) is 3.66. The predicted octanol–water partition coefficient (Wildman–Crippen LogP) is 3.47.